The van der Waals surface area contributed by atoms with Gasteiger partial charge in [0.1, 0.15) is 0 Å². The zero-order valence-electron chi connectivity index (χ0n) is 12.4. The summed E-state index contributed by atoms with van der Waals surface area (Å²) < 4.78 is 0. The second kappa shape index (κ2) is 5.20. The van der Waals surface area contributed by atoms with Crippen LogP contribution in [0.25, 0.3) is 10.8 Å². The lowest BCUT2D eigenvalue weighted by atomic mass is 9.94. The number of hydrogen-bond donors (Lipinski definition) is 1. The molecule has 1 aliphatic heterocycles. The minimum atomic E-state index is -0.777. The number of nitrogens with zero attached hydrogens (tertiary/aromatic N) is 1. The van der Waals surface area contributed by atoms with E-state index in [0.29, 0.717) is 21.5 Å². The first-order valence-electron chi connectivity index (χ1n) is 6.80. The number of imide groups is 1. The fourth-order valence-corrected chi connectivity index (χ4v) is 2.57. The Morgan fingerprint density at radius 2 is 1.74 bits per heavy atom. The summed E-state index contributed by atoms with van der Waals surface area (Å²) in [5.74, 6) is -2.51. The topological polar surface area (TPSA) is 92.8 Å². The van der Waals surface area contributed by atoms with Crippen LogP contribution in [0, 0.1) is 0 Å². The van der Waals surface area contributed by atoms with Crippen LogP contribution in [0.5, 0.6) is 0 Å². The number of amides is 3. The summed E-state index contributed by atoms with van der Waals surface area (Å²) in [5.41, 5.74) is 0.859. The Hall–Kier alpha value is -3.22. The van der Waals surface area contributed by atoms with Crippen LogP contribution in [-0.2, 0) is 14.4 Å². The van der Waals surface area contributed by atoms with Crippen LogP contribution in [0.2, 0.25) is 0 Å². The fourth-order valence-electron chi connectivity index (χ4n) is 2.57. The van der Waals surface area contributed by atoms with Gasteiger partial charge in [0.2, 0.25) is 5.91 Å². The van der Waals surface area contributed by atoms with Gasteiger partial charge in [-0.25, -0.2) is 4.79 Å². The van der Waals surface area contributed by atoms with Gasteiger partial charge in [-0.3, -0.25) is 14.4 Å². The first kappa shape index (κ1) is 14.7. The van der Waals surface area contributed by atoms with Gasteiger partial charge in [0.25, 0.3) is 11.8 Å². The molecule has 7 heteroatoms. The van der Waals surface area contributed by atoms with E-state index in [-0.39, 0.29) is 17.0 Å². The van der Waals surface area contributed by atoms with Crippen LogP contribution in [0.4, 0.5) is 5.69 Å². The Kier molecular flexibility index (Phi) is 3.33. The standard InChI is InChI=1S/C16H12N2O5/c1-8(19)17-11-6-10-4-3-5-12-14(10)13(7-11)16(22)18(15(12)21)23-9(2)20/h3-7H,1-2H3,(H,17,19). The highest BCUT2D eigenvalue weighted by Crippen LogP contribution is 2.32. The van der Waals surface area contributed by atoms with Crippen molar-refractivity contribution >= 4 is 40.2 Å². The van der Waals surface area contributed by atoms with Gasteiger partial charge in [-0.1, -0.05) is 17.2 Å². The second-order valence-electron chi connectivity index (χ2n) is 5.10. The zero-order valence-corrected chi connectivity index (χ0v) is 12.4. The summed E-state index contributed by atoms with van der Waals surface area (Å²) in [7, 11) is 0. The highest BCUT2D eigenvalue weighted by Gasteiger charge is 2.35. The normalized spacial score (nSPS) is 13.2. The molecule has 0 atom stereocenters. The Balaban J connectivity index is 2.24. The number of hydrogen-bond acceptors (Lipinski definition) is 5. The van der Waals surface area contributed by atoms with Crippen LogP contribution in [0.1, 0.15) is 34.6 Å². The van der Waals surface area contributed by atoms with Gasteiger partial charge in [0, 0.05) is 24.9 Å². The van der Waals surface area contributed by atoms with Crippen molar-refractivity contribution in [1.29, 1.82) is 0 Å². The highest BCUT2D eigenvalue weighted by atomic mass is 16.7. The fraction of sp³-hybridized carbons (Fsp3) is 0.125. The highest BCUT2D eigenvalue weighted by molar-refractivity contribution is 6.25. The van der Waals surface area contributed by atoms with E-state index in [4.69, 9.17) is 4.84 Å². The molecule has 0 aliphatic carbocycles. The predicted octanol–water partition coefficient (Wildman–Crippen LogP) is 1.87. The van der Waals surface area contributed by atoms with Gasteiger partial charge in [0.05, 0.1) is 11.1 Å². The average Bonchev–Trinajstić information content (AvgIpc) is 2.47. The van der Waals surface area contributed by atoms with Crippen molar-refractivity contribution in [3.05, 3.63) is 41.5 Å². The lowest BCUT2D eigenvalue weighted by Gasteiger charge is -2.25. The van der Waals surface area contributed by atoms with E-state index in [1.54, 1.807) is 24.3 Å². The molecule has 0 saturated heterocycles. The van der Waals surface area contributed by atoms with Gasteiger partial charge >= 0.3 is 5.97 Å². The van der Waals surface area contributed by atoms with Gasteiger partial charge in [-0.15, -0.1) is 0 Å². The molecule has 3 rings (SSSR count). The van der Waals surface area contributed by atoms with E-state index in [9.17, 15) is 19.2 Å². The van der Waals surface area contributed by atoms with Crippen molar-refractivity contribution in [2.24, 2.45) is 0 Å². The molecule has 0 saturated carbocycles. The molecule has 0 radical (unpaired) electrons. The summed E-state index contributed by atoms with van der Waals surface area (Å²) in [6.45, 7) is 2.45. The third kappa shape index (κ3) is 2.42. The number of rotatable bonds is 2. The van der Waals surface area contributed by atoms with Crippen LogP contribution in [-0.4, -0.2) is 28.8 Å². The molecular formula is C16H12N2O5. The van der Waals surface area contributed by atoms with Gasteiger partial charge in [0.15, 0.2) is 0 Å². The monoisotopic (exact) mass is 312 g/mol. The maximum Gasteiger partial charge on any atom is 0.330 e. The number of benzene rings is 2. The minimum Gasteiger partial charge on any atom is -0.330 e. The van der Waals surface area contributed by atoms with Crippen LogP contribution < -0.4 is 5.32 Å². The number of carbonyl (C=O) groups is 4. The molecule has 1 N–H and O–H groups in total. The predicted molar refractivity (Wildman–Crippen MR) is 80.5 cm³/mol. The summed E-state index contributed by atoms with van der Waals surface area (Å²) in [5, 5.41) is 4.15. The van der Waals surface area contributed by atoms with Crippen molar-refractivity contribution in [2.75, 3.05) is 5.32 Å². The average molecular weight is 312 g/mol. The number of nitrogens with one attached hydrogen (secondary N) is 1. The molecule has 0 unspecified atom stereocenters. The van der Waals surface area contributed by atoms with E-state index < -0.39 is 17.8 Å². The Bertz CT molecular complexity index is 887. The number of anilines is 1. The maximum absolute atomic E-state index is 12.5. The summed E-state index contributed by atoms with van der Waals surface area (Å²) in [4.78, 5) is 52.0. The summed E-state index contributed by atoms with van der Waals surface area (Å²) in [6.07, 6.45) is 0. The molecule has 0 fully saturated rings. The van der Waals surface area contributed by atoms with Crippen LogP contribution >= 0.6 is 0 Å². The molecular weight excluding hydrogens is 300 g/mol. The third-order valence-electron chi connectivity index (χ3n) is 3.35. The van der Waals surface area contributed by atoms with E-state index >= 15 is 0 Å². The van der Waals surface area contributed by atoms with Gasteiger partial charge < -0.3 is 10.2 Å². The summed E-state index contributed by atoms with van der Waals surface area (Å²) >= 11 is 0. The van der Waals surface area contributed by atoms with Gasteiger partial charge in [-0.2, -0.15) is 0 Å². The van der Waals surface area contributed by atoms with E-state index in [1.165, 1.54) is 13.0 Å². The molecule has 1 aliphatic rings. The number of hydroxylamine groups is 2. The maximum atomic E-state index is 12.5. The first-order valence-corrected chi connectivity index (χ1v) is 6.80. The van der Waals surface area contributed by atoms with Crippen molar-refractivity contribution in [3.63, 3.8) is 0 Å². The molecule has 116 valence electrons. The molecule has 23 heavy (non-hydrogen) atoms. The van der Waals surface area contributed by atoms with Crippen molar-refractivity contribution < 1.29 is 24.0 Å². The van der Waals surface area contributed by atoms with E-state index in [1.807, 2.05) is 0 Å². The van der Waals surface area contributed by atoms with Crippen LogP contribution in [0.15, 0.2) is 30.3 Å². The molecule has 3 amide bonds. The van der Waals surface area contributed by atoms with Gasteiger partial charge in [-0.05, 0) is 23.6 Å². The van der Waals surface area contributed by atoms with Crippen LogP contribution in [0.3, 0.4) is 0 Å². The third-order valence-corrected chi connectivity index (χ3v) is 3.35. The Morgan fingerprint density at radius 3 is 2.39 bits per heavy atom. The molecule has 0 spiro atoms. The second-order valence-corrected chi connectivity index (χ2v) is 5.10. The Labute approximate surface area is 130 Å². The van der Waals surface area contributed by atoms with E-state index in [2.05, 4.69) is 5.32 Å². The molecule has 0 aromatic heterocycles. The SMILES string of the molecule is CC(=O)Nc1cc2c3c(cccc3c1)C(=O)N(OC(C)=O)C2=O. The molecule has 2 aromatic rings. The smallest absolute Gasteiger partial charge is 0.330 e. The quantitative estimate of drug-likeness (QED) is 0.855. The molecule has 2 aromatic carbocycles. The lowest BCUT2D eigenvalue weighted by Crippen LogP contribution is -2.41. The van der Waals surface area contributed by atoms with Crippen molar-refractivity contribution in [1.82, 2.24) is 5.06 Å². The molecule has 7 nitrogen and oxygen atoms in total. The molecule has 0 bridgehead atoms. The summed E-state index contributed by atoms with van der Waals surface area (Å²) in [6, 6.07) is 8.06. The van der Waals surface area contributed by atoms with Crippen molar-refractivity contribution in [3.8, 4) is 0 Å². The largest absolute Gasteiger partial charge is 0.330 e. The van der Waals surface area contributed by atoms with E-state index in [0.717, 1.165) is 6.92 Å². The Morgan fingerprint density at radius 1 is 1.04 bits per heavy atom. The minimum absolute atomic E-state index is 0.183. The number of carbonyl (C=O) groups excluding carboxylic acids is 4. The first-order chi connectivity index (χ1) is 10.9. The zero-order chi connectivity index (χ0) is 16.7. The molecule has 1 heterocycles. The lowest BCUT2D eigenvalue weighted by molar-refractivity contribution is -0.166. The van der Waals surface area contributed by atoms with Crippen molar-refractivity contribution in [2.45, 2.75) is 13.8 Å².